The number of hydrogen-bond acceptors (Lipinski definition) is 8. The van der Waals surface area contributed by atoms with Crippen LogP contribution in [0.25, 0.3) is 22.8 Å². The number of hydrogen-bond donors (Lipinski definition) is 2. The molecule has 1 aliphatic rings. The highest BCUT2D eigenvalue weighted by molar-refractivity contribution is 6.33. The fraction of sp³-hybridized carbons (Fsp3) is 0.417. The summed E-state index contributed by atoms with van der Waals surface area (Å²) < 4.78 is 17.0. The van der Waals surface area contributed by atoms with Crippen LogP contribution in [0.4, 0.5) is 0 Å². The molecule has 1 fully saturated rings. The first-order valence-corrected chi connectivity index (χ1v) is 12.1. The number of likely N-dealkylation sites (N-methyl/N-ethyl adjacent to an activating group) is 1. The Morgan fingerprint density at radius 2 is 2.11 bits per heavy atom. The Labute approximate surface area is 212 Å². The first kappa shape index (κ1) is 25.2. The van der Waals surface area contributed by atoms with Crippen LogP contribution >= 0.6 is 23.2 Å². The van der Waals surface area contributed by atoms with E-state index in [-0.39, 0.29) is 18.1 Å². The van der Waals surface area contributed by atoms with Gasteiger partial charge >= 0.3 is 5.97 Å². The summed E-state index contributed by atoms with van der Waals surface area (Å²) in [5.41, 5.74) is 0.151. The monoisotopic (exact) mass is 520 g/mol. The van der Waals surface area contributed by atoms with E-state index < -0.39 is 11.5 Å². The predicted molar refractivity (Wildman–Crippen MR) is 131 cm³/mol. The minimum absolute atomic E-state index is 0.0589. The van der Waals surface area contributed by atoms with E-state index in [9.17, 15) is 9.90 Å². The van der Waals surface area contributed by atoms with Gasteiger partial charge in [0.15, 0.2) is 0 Å². The van der Waals surface area contributed by atoms with Crippen molar-refractivity contribution in [3.05, 3.63) is 40.5 Å². The SMILES string of the molecule is CCNC1(C(=O)O)CCC(Oc2ccc(-c3noc(-c4cnc(OC(C)C)c(Cl)c4)n3)c(Cl)c2)C1. The number of ether oxygens (including phenoxy) is 2. The number of nitrogens with one attached hydrogen (secondary N) is 1. The molecule has 2 heterocycles. The van der Waals surface area contributed by atoms with Crippen LogP contribution in [0.15, 0.2) is 35.0 Å². The third kappa shape index (κ3) is 5.52. The van der Waals surface area contributed by atoms with E-state index in [2.05, 4.69) is 20.4 Å². The Hall–Kier alpha value is -2.88. The molecule has 1 aromatic carbocycles. The number of nitrogens with zero attached hydrogens (tertiary/aromatic N) is 3. The van der Waals surface area contributed by atoms with Crippen LogP contribution < -0.4 is 14.8 Å². The molecule has 0 bridgehead atoms. The highest BCUT2D eigenvalue weighted by Crippen LogP contribution is 2.36. The van der Waals surface area contributed by atoms with Gasteiger partial charge in [-0.1, -0.05) is 35.3 Å². The second-order valence-corrected chi connectivity index (χ2v) is 9.46. The van der Waals surface area contributed by atoms with E-state index in [0.717, 1.165) is 0 Å². The molecular weight excluding hydrogens is 495 g/mol. The maximum atomic E-state index is 11.8. The maximum absolute atomic E-state index is 11.8. The Bertz CT molecular complexity index is 1220. The number of carboxylic acids is 1. The molecule has 186 valence electrons. The third-order valence-electron chi connectivity index (χ3n) is 5.71. The molecule has 1 aliphatic carbocycles. The highest BCUT2D eigenvalue weighted by Gasteiger charge is 2.45. The molecule has 3 aromatic rings. The summed E-state index contributed by atoms with van der Waals surface area (Å²) in [7, 11) is 0. The number of carbonyl (C=O) groups is 1. The van der Waals surface area contributed by atoms with Gasteiger partial charge in [0.25, 0.3) is 5.89 Å². The van der Waals surface area contributed by atoms with Crippen molar-refractivity contribution in [3.8, 4) is 34.5 Å². The summed E-state index contributed by atoms with van der Waals surface area (Å²) in [6.45, 7) is 6.24. The van der Waals surface area contributed by atoms with Gasteiger partial charge < -0.3 is 24.4 Å². The number of aromatic nitrogens is 3. The number of halogens is 2. The van der Waals surface area contributed by atoms with E-state index in [4.69, 9.17) is 37.2 Å². The molecule has 0 radical (unpaired) electrons. The first-order chi connectivity index (χ1) is 16.7. The molecule has 35 heavy (non-hydrogen) atoms. The molecule has 1 saturated carbocycles. The minimum Gasteiger partial charge on any atom is -0.490 e. The summed E-state index contributed by atoms with van der Waals surface area (Å²) in [4.78, 5) is 20.4. The quantitative estimate of drug-likeness (QED) is 0.389. The number of carboxylic acid groups (broad SMARTS) is 1. The van der Waals surface area contributed by atoms with Gasteiger partial charge in [-0.3, -0.25) is 4.79 Å². The first-order valence-electron chi connectivity index (χ1n) is 11.3. The largest absolute Gasteiger partial charge is 0.490 e. The molecule has 0 spiro atoms. The van der Waals surface area contributed by atoms with Gasteiger partial charge in [-0.25, -0.2) is 4.98 Å². The second kappa shape index (κ2) is 10.4. The Morgan fingerprint density at radius 3 is 2.77 bits per heavy atom. The summed E-state index contributed by atoms with van der Waals surface area (Å²) in [6.07, 6.45) is 2.76. The van der Waals surface area contributed by atoms with Gasteiger partial charge in [-0.15, -0.1) is 0 Å². The van der Waals surface area contributed by atoms with Gasteiger partial charge in [0.2, 0.25) is 11.7 Å². The number of aliphatic carboxylic acids is 1. The average molecular weight is 521 g/mol. The standard InChI is InChI=1S/C24H26Cl2N4O5/c1-4-28-24(23(31)32)8-7-16(11-24)34-15-5-6-17(18(25)10-15)20-29-21(35-30-20)14-9-19(26)22(27-12-14)33-13(2)3/h5-6,9-10,12-13,16,28H,4,7-8,11H2,1-3H3,(H,31,32). The summed E-state index contributed by atoms with van der Waals surface area (Å²) in [5.74, 6) is 0.554. The Morgan fingerprint density at radius 1 is 1.31 bits per heavy atom. The molecular formula is C24H26Cl2N4O5. The topological polar surface area (TPSA) is 120 Å². The van der Waals surface area contributed by atoms with Crippen LogP contribution in [0, 0.1) is 0 Å². The molecule has 2 unspecified atom stereocenters. The van der Waals surface area contributed by atoms with Crippen molar-refractivity contribution in [1.82, 2.24) is 20.4 Å². The van der Waals surface area contributed by atoms with Gasteiger partial charge in [0.05, 0.1) is 16.7 Å². The van der Waals surface area contributed by atoms with E-state index in [1.54, 1.807) is 30.5 Å². The van der Waals surface area contributed by atoms with Crippen molar-refractivity contribution in [2.24, 2.45) is 0 Å². The van der Waals surface area contributed by atoms with Crippen molar-refractivity contribution in [3.63, 3.8) is 0 Å². The van der Waals surface area contributed by atoms with E-state index in [1.165, 1.54) is 0 Å². The Kier molecular flexibility index (Phi) is 7.49. The second-order valence-electron chi connectivity index (χ2n) is 8.64. The number of rotatable bonds is 9. The molecule has 2 aromatic heterocycles. The van der Waals surface area contributed by atoms with Crippen LogP contribution in [0.1, 0.15) is 40.0 Å². The summed E-state index contributed by atoms with van der Waals surface area (Å²) in [6, 6.07) is 6.80. The normalized spacial score (nSPS) is 19.8. The molecule has 4 rings (SSSR count). The third-order valence-corrected chi connectivity index (χ3v) is 6.29. The number of pyridine rings is 1. The van der Waals surface area contributed by atoms with Crippen LogP contribution in [0.5, 0.6) is 11.6 Å². The number of benzene rings is 1. The lowest BCUT2D eigenvalue weighted by molar-refractivity contribution is -0.144. The van der Waals surface area contributed by atoms with Crippen molar-refractivity contribution in [2.75, 3.05) is 6.54 Å². The molecule has 9 nitrogen and oxygen atoms in total. The Balaban J connectivity index is 1.47. The van der Waals surface area contributed by atoms with Crippen LogP contribution in [-0.4, -0.2) is 50.5 Å². The molecule has 0 aliphatic heterocycles. The average Bonchev–Trinajstić information content (AvgIpc) is 3.44. The lowest BCUT2D eigenvalue weighted by Gasteiger charge is -2.25. The predicted octanol–water partition coefficient (Wildman–Crippen LogP) is 5.26. The van der Waals surface area contributed by atoms with Gasteiger partial charge in [-0.2, -0.15) is 4.98 Å². The zero-order valence-electron chi connectivity index (χ0n) is 19.5. The van der Waals surface area contributed by atoms with Crippen LogP contribution in [0.2, 0.25) is 10.0 Å². The lowest BCUT2D eigenvalue weighted by Crippen LogP contribution is -2.50. The molecule has 2 N–H and O–H groups in total. The summed E-state index contributed by atoms with van der Waals surface area (Å²) >= 11 is 12.8. The fourth-order valence-electron chi connectivity index (χ4n) is 4.11. The van der Waals surface area contributed by atoms with Crippen molar-refractivity contribution in [1.29, 1.82) is 0 Å². The molecule has 11 heteroatoms. The molecule has 0 saturated heterocycles. The zero-order chi connectivity index (χ0) is 25.2. The van der Waals surface area contributed by atoms with E-state index in [1.807, 2.05) is 20.8 Å². The van der Waals surface area contributed by atoms with E-state index in [0.29, 0.717) is 64.4 Å². The van der Waals surface area contributed by atoms with Gasteiger partial charge in [0.1, 0.15) is 22.4 Å². The lowest BCUT2D eigenvalue weighted by atomic mass is 9.98. The van der Waals surface area contributed by atoms with Crippen LogP contribution in [0.3, 0.4) is 0 Å². The maximum Gasteiger partial charge on any atom is 0.324 e. The molecule has 0 amide bonds. The van der Waals surface area contributed by atoms with Crippen molar-refractivity contribution >= 4 is 29.2 Å². The van der Waals surface area contributed by atoms with Gasteiger partial charge in [-0.05, 0) is 57.5 Å². The van der Waals surface area contributed by atoms with E-state index >= 15 is 0 Å². The van der Waals surface area contributed by atoms with Crippen molar-refractivity contribution in [2.45, 2.75) is 57.8 Å². The molecule has 2 atom stereocenters. The summed E-state index contributed by atoms with van der Waals surface area (Å²) in [5, 5.41) is 17.5. The zero-order valence-corrected chi connectivity index (χ0v) is 21.1. The van der Waals surface area contributed by atoms with Crippen molar-refractivity contribution < 1.29 is 23.9 Å². The fourth-order valence-corrected chi connectivity index (χ4v) is 4.58. The van der Waals surface area contributed by atoms with Crippen LogP contribution in [-0.2, 0) is 4.79 Å². The van der Waals surface area contributed by atoms with Gasteiger partial charge in [0, 0.05) is 18.2 Å². The highest BCUT2D eigenvalue weighted by atomic mass is 35.5. The minimum atomic E-state index is -0.957. The smallest absolute Gasteiger partial charge is 0.324 e.